The summed E-state index contributed by atoms with van der Waals surface area (Å²) in [5, 5.41) is 2.80. The number of hydrogen-bond acceptors (Lipinski definition) is 8. The zero-order valence-electron chi connectivity index (χ0n) is 38.8. The molecule has 60 heavy (non-hydrogen) atoms. The minimum absolute atomic E-state index is 0. The van der Waals surface area contributed by atoms with Crippen molar-refractivity contribution in [2.45, 2.75) is 181 Å². The molecule has 0 bridgehead atoms. The van der Waals surface area contributed by atoms with E-state index < -0.39 is 0 Å². The SMILES string of the molecule is C.C.C.C.C.C.C=[C-]C.C=[C-]C.CC[C-](C)C.CC[C-](C)C.CC[C-](C)SC(C)=S.CC[C-](C)SC(C)=S.CSC(C)=S.CSC(C)=S.[CH3-].[CH3-].[CH3-].[CH3-].[W+2].[W+2].[Y].[Y].[Y].[Y].[Y].[Y]. The largest absolute Gasteiger partial charge is 2.00 e. The van der Waals surface area contributed by atoms with Crippen molar-refractivity contribution in [1.29, 1.82) is 0 Å². The van der Waals surface area contributed by atoms with E-state index in [4.69, 9.17) is 24.4 Å². The second-order valence-corrected chi connectivity index (χ2v) is 17.1. The molecule has 0 aliphatic rings. The Bertz CT molecular complexity index is 563. The Balaban J connectivity index is -0.00000000893. The van der Waals surface area contributed by atoms with Gasteiger partial charge in [0.15, 0.2) is 0 Å². The van der Waals surface area contributed by atoms with Gasteiger partial charge in [0.05, 0.1) is 0 Å². The second kappa shape index (κ2) is 165. The molecule has 0 atom stereocenters. The van der Waals surface area contributed by atoms with Crippen LogP contribution in [0.15, 0.2) is 13.2 Å². The first-order valence-electron chi connectivity index (χ1n) is 13.8. The molecule has 0 aromatic carbocycles. The molecule has 0 saturated carbocycles. The summed E-state index contributed by atoms with van der Waals surface area (Å²) in [5.41, 5.74) is 0. The quantitative estimate of drug-likeness (QED) is 0.188. The van der Waals surface area contributed by atoms with Crippen LogP contribution in [0.3, 0.4) is 0 Å². The molecule has 0 heterocycles. The molecule has 0 spiro atoms. The van der Waals surface area contributed by atoms with E-state index in [-0.39, 0.29) is 313 Å². The van der Waals surface area contributed by atoms with Crippen LogP contribution in [-0.2, 0) is 238 Å². The van der Waals surface area contributed by atoms with E-state index in [0.717, 1.165) is 29.6 Å². The van der Waals surface area contributed by atoms with Crippen LogP contribution in [0.1, 0.15) is 181 Å². The summed E-state index contributed by atoms with van der Waals surface area (Å²) >= 11 is 25.7. The average Bonchev–Trinajstić information content (AvgIpc) is 2.90. The fraction of sp³-hybridized carbons (Fsp3) is 0.636. The van der Waals surface area contributed by atoms with Gasteiger partial charge in [0.2, 0.25) is 0 Å². The number of hydrogen-bond donors (Lipinski definition) is 0. The van der Waals surface area contributed by atoms with E-state index in [9.17, 15) is 0 Å². The van der Waals surface area contributed by atoms with Gasteiger partial charge in [-0.05, 0) is 40.2 Å². The molecular weight excluding hydrogens is 1690 g/mol. The van der Waals surface area contributed by atoms with Crippen LogP contribution in [0.5, 0.6) is 0 Å². The van der Waals surface area contributed by atoms with Crippen molar-refractivity contribution in [3.63, 3.8) is 0 Å². The van der Waals surface area contributed by atoms with Crippen molar-refractivity contribution in [2.75, 3.05) is 12.5 Å². The number of allylic oxidation sites excluding steroid dienone is 2. The summed E-state index contributed by atoms with van der Waals surface area (Å²) in [6.07, 6.45) is 13.6. The molecule has 0 saturated heterocycles. The first-order valence-corrected chi connectivity index (χ1v) is 19.5. The maximum absolute atomic E-state index is 4.88. The summed E-state index contributed by atoms with van der Waals surface area (Å²) < 4.78 is 4.05. The minimum Gasteiger partial charge on any atom is -0.507 e. The summed E-state index contributed by atoms with van der Waals surface area (Å²) in [6, 6.07) is 0. The van der Waals surface area contributed by atoms with E-state index in [0.29, 0.717) is 0 Å². The normalized spacial score (nSPS) is 5.97. The number of thioether (sulfide) groups is 4. The Morgan fingerprint density at radius 3 is 0.550 bits per heavy atom. The van der Waals surface area contributed by atoms with Crippen LogP contribution in [0.2, 0.25) is 0 Å². The van der Waals surface area contributed by atoms with E-state index >= 15 is 0 Å². The predicted octanol–water partition coefficient (Wildman–Crippen LogP) is 21.1. The third kappa shape index (κ3) is 345. The molecule has 0 amide bonds. The molecular formula is C44H102S8W2Y6-6. The zero-order chi connectivity index (χ0) is 35.7. The average molecular weight is 1790 g/mol. The van der Waals surface area contributed by atoms with Gasteiger partial charge in [-0.1, -0.05) is 121 Å². The molecule has 16 heteroatoms. The van der Waals surface area contributed by atoms with Crippen molar-refractivity contribution < 1.29 is 238 Å². The second-order valence-electron chi connectivity index (χ2n) is 8.52. The summed E-state index contributed by atoms with van der Waals surface area (Å²) in [4.78, 5) is 0. The van der Waals surface area contributed by atoms with Gasteiger partial charge in [-0.25, -0.2) is 0 Å². The molecule has 0 nitrogen and oxygen atoms in total. The van der Waals surface area contributed by atoms with Crippen LogP contribution in [-0.4, -0.2) is 29.3 Å². The van der Waals surface area contributed by atoms with Crippen molar-refractivity contribution in [3.05, 3.63) is 77.4 Å². The summed E-state index contributed by atoms with van der Waals surface area (Å²) in [5.74, 6) is 3.01. The molecule has 0 aromatic rings. The first-order chi connectivity index (χ1) is 19.2. The molecule has 0 aromatic heterocycles. The van der Waals surface area contributed by atoms with Crippen LogP contribution in [0.4, 0.5) is 0 Å². The monoisotopic (exact) mass is 1790 g/mol. The van der Waals surface area contributed by atoms with Crippen molar-refractivity contribution >= 4 is 113 Å². The Labute approximate surface area is 609 Å². The molecule has 0 aliphatic heterocycles. The van der Waals surface area contributed by atoms with E-state index in [1.54, 1.807) is 60.9 Å². The number of thiocarbonyl (C=S) groups is 4. The minimum atomic E-state index is 0. The molecule has 0 unspecified atom stereocenters. The van der Waals surface area contributed by atoms with Gasteiger partial charge >= 0.3 is 42.1 Å². The van der Waals surface area contributed by atoms with Crippen LogP contribution in [0.25, 0.3) is 0 Å². The Morgan fingerprint density at radius 2 is 0.533 bits per heavy atom. The van der Waals surface area contributed by atoms with Gasteiger partial charge in [0.25, 0.3) is 0 Å². The fourth-order valence-corrected chi connectivity index (χ4v) is 2.76. The molecule has 362 valence electrons. The Hall–Kier alpha value is 9.24. The first kappa shape index (κ1) is 172. The van der Waals surface area contributed by atoms with Gasteiger partial charge in [-0.15, -0.1) is 23.5 Å². The maximum Gasteiger partial charge on any atom is 2.00 e. The van der Waals surface area contributed by atoms with Crippen LogP contribution >= 0.6 is 95.9 Å². The number of rotatable bonds is 6. The van der Waals surface area contributed by atoms with Crippen LogP contribution < -0.4 is 0 Å². The van der Waals surface area contributed by atoms with Gasteiger partial charge < -0.3 is 77.2 Å². The Morgan fingerprint density at radius 1 is 0.433 bits per heavy atom. The summed E-state index contributed by atoms with van der Waals surface area (Å²) in [6.45, 7) is 39.1. The molecule has 0 fully saturated rings. The molecule has 0 aliphatic carbocycles. The summed E-state index contributed by atoms with van der Waals surface area (Å²) in [7, 11) is 0. The molecule has 0 rings (SSSR count). The van der Waals surface area contributed by atoms with Gasteiger partial charge in [-0.2, -0.15) is 81.1 Å². The molecule has 6 radical (unpaired) electrons. The smallest absolute Gasteiger partial charge is 0.507 e. The Kier molecular flexibility index (Phi) is 474. The van der Waals surface area contributed by atoms with Crippen molar-refractivity contribution in [2.24, 2.45) is 0 Å². The third-order valence-corrected chi connectivity index (χ3v) is 8.12. The molecule has 0 N–H and O–H groups in total. The standard InChI is InChI=1S/2C6H11S2.2C5H11.2C3H6S2.2C3H5.6CH4.4CH3.2W.6Y/c2*1-4-5(2)8-6(3)7;2*1-4-5(2)3;2*1-3(4)5-2;2*1-3-2;;;;;;;;;;;;;;;;;;/h2*4H2,1-3H3;2*4H2,1-3H3;2*1-2H3;2*1H2,2H3;6*1H4;4*1H3;;;;;;;;/q4*-1;;;2*-1;;;;;;;4*-1;2*+2;;;;;;. The van der Waals surface area contributed by atoms with Gasteiger partial charge in [0.1, 0.15) is 0 Å². The van der Waals surface area contributed by atoms with Crippen molar-refractivity contribution in [1.82, 2.24) is 0 Å². The van der Waals surface area contributed by atoms with E-state index in [2.05, 4.69) is 119 Å². The fourth-order valence-electron chi connectivity index (χ4n) is 0.635. The van der Waals surface area contributed by atoms with Crippen molar-refractivity contribution in [3.8, 4) is 0 Å². The van der Waals surface area contributed by atoms with Gasteiger partial charge in [-0.3, -0.25) is 23.7 Å². The predicted molar refractivity (Wildman–Crippen MR) is 299 cm³/mol. The van der Waals surface area contributed by atoms with Gasteiger partial charge in [0, 0.05) is 213 Å². The zero-order valence-corrected chi connectivity index (χ0v) is 68.2. The van der Waals surface area contributed by atoms with Crippen LogP contribution in [0, 0.1) is 64.2 Å². The van der Waals surface area contributed by atoms with E-state index in [1.807, 2.05) is 40.2 Å². The maximum atomic E-state index is 4.88. The topological polar surface area (TPSA) is 0 Å². The third-order valence-electron chi connectivity index (χ3n) is 3.62. The van der Waals surface area contributed by atoms with E-state index in [1.165, 1.54) is 35.2 Å².